The molecule has 2 N–H and O–H groups in total. The topological polar surface area (TPSA) is 83.8 Å². The van der Waals surface area contributed by atoms with E-state index in [1.54, 1.807) is 12.1 Å². The van der Waals surface area contributed by atoms with Crippen molar-refractivity contribution in [3.05, 3.63) is 59.7 Å². The minimum absolute atomic E-state index is 0.360. The van der Waals surface area contributed by atoms with E-state index < -0.39 is 0 Å². The van der Waals surface area contributed by atoms with Crippen LogP contribution in [0.1, 0.15) is 129 Å². The van der Waals surface area contributed by atoms with Crippen molar-refractivity contribution in [1.29, 1.82) is 0 Å². The highest BCUT2D eigenvalue weighted by molar-refractivity contribution is 5.85. The fourth-order valence-corrected chi connectivity index (χ4v) is 3.57. The first-order chi connectivity index (χ1) is 17.6. The van der Waals surface area contributed by atoms with Crippen molar-refractivity contribution in [2.24, 2.45) is 0 Å². The van der Waals surface area contributed by atoms with Crippen LogP contribution in [0.4, 0.5) is 0 Å². The summed E-state index contributed by atoms with van der Waals surface area (Å²) < 4.78 is 4.73. The summed E-state index contributed by atoms with van der Waals surface area (Å²) >= 11 is 0. The van der Waals surface area contributed by atoms with Crippen molar-refractivity contribution in [3.63, 3.8) is 0 Å². The molecule has 0 aliphatic rings. The zero-order valence-corrected chi connectivity index (χ0v) is 24.0. The Morgan fingerprint density at radius 2 is 0.973 bits per heavy atom. The molecule has 0 radical (unpaired) electrons. The molecule has 0 saturated carbocycles. The predicted octanol–water partition coefficient (Wildman–Crippen LogP) is 9.03. The Hall–Kier alpha value is -2.82. The lowest BCUT2D eigenvalue weighted by atomic mass is 10.0. The van der Waals surface area contributed by atoms with Gasteiger partial charge in [0, 0.05) is 12.8 Å². The standard InChI is InChI=1S/C14H26O3.2C9H12O/c1-3-5-7-9-11-13(15)17-14(16)12-10-8-6-4-2;2*1-7(2)8-5-3-4-6-9(8)10/h3-12H2,1-2H3;2*3-7,10H,1-2H3. The molecule has 0 bridgehead atoms. The molecule has 0 amide bonds. The Labute approximate surface area is 225 Å². The van der Waals surface area contributed by atoms with E-state index in [0.717, 1.165) is 62.5 Å². The van der Waals surface area contributed by atoms with E-state index in [2.05, 4.69) is 41.5 Å². The number of benzene rings is 2. The molecule has 0 fully saturated rings. The quantitative estimate of drug-likeness (QED) is 0.168. The fraction of sp³-hybridized carbons (Fsp3) is 0.562. The summed E-state index contributed by atoms with van der Waals surface area (Å²) in [7, 11) is 0. The number of carbonyl (C=O) groups is 2. The van der Waals surface area contributed by atoms with Crippen LogP contribution in [0.25, 0.3) is 0 Å². The number of hydrogen-bond acceptors (Lipinski definition) is 5. The van der Waals surface area contributed by atoms with Gasteiger partial charge in [0.15, 0.2) is 0 Å². The van der Waals surface area contributed by atoms with Gasteiger partial charge in [0.1, 0.15) is 11.5 Å². The molecule has 2 rings (SSSR count). The number of para-hydroxylation sites is 2. The third-order valence-corrected chi connectivity index (χ3v) is 5.81. The van der Waals surface area contributed by atoms with Crippen LogP contribution in [0.15, 0.2) is 48.5 Å². The Kier molecular flexibility index (Phi) is 19.7. The van der Waals surface area contributed by atoms with Gasteiger partial charge in [0.05, 0.1) is 0 Å². The Morgan fingerprint density at radius 1 is 0.622 bits per heavy atom. The van der Waals surface area contributed by atoms with Gasteiger partial charge < -0.3 is 14.9 Å². The summed E-state index contributed by atoms with van der Waals surface area (Å²) in [5.41, 5.74) is 2.03. The highest BCUT2D eigenvalue weighted by Crippen LogP contribution is 2.24. The minimum atomic E-state index is -0.360. The number of ether oxygens (including phenoxy) is 1. The summed E-state index contributed by atoms with van der Waals surface area (Å²) in [6, 6.07) is 14.9. The summed E-state index contributed by atoms with van der Waals surface area (Å²) in [6.45, 7) is 12.5. The number of hydrogen-bond donors (Lipinski definition) is 2. The van der Waals surface area contributed by atoms with Gasteiger partial charge in [-0.05, 0) is 47.9 Å². The van der Waals surface area contributed by atoms with Gasteiger partial charge in [-0.25, -0.2) is 0 Å². The van der Waals surface area contributed by atoms with E-state index in [1.165, 1.54) is 0 Å². The zero-order valence-electron chi connectivity index (χ0n) is 24.0. The molecule has 37 heavy (non-hydrogen) atoms. The SMILES string of the molecule is CC(C)c1ccccc1O.CC(C)c1ccccc1O.CCCCCCC(=O)OC(=O)CCCCCC. The van der Waals surface area contributed by atoms with Gasteiger partial charge in [-0.1, -0.05) is 116 Å². The van der Waals surface area contributed by atoms with Crippen LogP contribution in [0.3, 0.4) is 0 Å². The molecule has 2 aromatic rings. The molecule has 5 heteroatoms. The van der Waals surface area contributed by atoms with Crippen molar-refractivity contribution in [3.8, 4) is 11.5 Å². The van der Waals surface area contributed by atoms with Gasteiger partial charge in [0.25, 0.3) is 0 Å². The average molecular weight is 515 g/mol. The lowest BCUT2D eigenvalue weighted by Gasteiger charge is -2.05. The number of unbranched alkanes of at least 4 members (excludes halogenated alkanes) is 6. The summed E-state index contributed by atoms with van der Waals surface area (Å²) in [4.78, 5) is 22.5. The molecule has 0 atom stereocenters. The predicted molar refractivity (Wildman–Crippen MR) is 153 cm³/mol. The number of carbonyl (C=O) groups excluding carboxylic acids is 2. The van der Waals surface area contributed by atoms with Crippen molar-refractivity contribution in [2.45, 2.75) is 118 Å². The molecule has 0 spiro atoms. The van der Waals surface area contributed by atoms with Crippen LogP contribution in [-0.4, -0.2) is 22.2 Å². The second kappa shape index (κ2) is 21.3. The molecule has 0 aliphatic heterocycles. The second-order valence-electron chi connectivity index (χ2n) is 9.89. The number of phenolic OH excluding ortho intramolecular Hbond substituents is 2. The molecule has 0 aromatic heterocycles. The zero-order chi connectivity index (χ0) is 28.1. The molecule has 0 unspecified atom stereocenters. The minimum Gasteiger partial charge on any atom is -0.508 e. The largest absolute Gasteiger partial charge is 0.508 e. The van der Waals surface area contributed by atoms with Crippen molar-refractivity contribution < 1.29 is 24.5 Å². The summed E-state index contributed by atoms with van der Waals surface area (Å²) in [5.74, 6) is 0.889. The average Bonchev–Trinajstić information content (AvgIpc) is 2.85. The Bertz CT molecular complexity index is 801. The maximum absolute atomic E-state index is 11.3. The first-order valence-corrected chi connectivity index (χ1v) is 13.9. The molecule has 0 heterocycles. The van der Waals surface area contributed by atoms with Crippen molar-refractivity contribution in [1.82, 2.24) is 0 Å². The van der Waals surface area contributed by atoms with E-state index in [9.17, 15) is 19.8 Å². The number of rotatable bonds is 12. The normalized spacial score (nSPS) is 10.3. The summed E-state index contributed by atoms with van der Waals surface area (Å²) in [6.07, 6.45) is 9.05. The van der Waals surface area contributed by atoms with Gasteiger partial charge in [0.2, 0.25) is 0 Å². The van der Waals surface area contributed by atoms with Gasteiger partial charge >= 0.3 is 11.9 Å². The molecule has 208 valence electrons. The maximum atomic E-state index is 11.3. The van der Waals surface area contributed by atoms with E-state index in [4.69, 9.17) is 4.74 Å². The van der Waals surface area contributed by atoms with Gasteiger partial charge in [-0.3, -0.25) is 9.59 Å². The van der Waals surface area contributed by atoms with Gasteiger partial charge in [-0.2, -0.15) is 0 Å². The smallest absolute Gasteiger partial charge is 0.313 e. The second-order valence-corrected chi connectivity index (χ2v) is 9.89. The Balaban J connectivity index is 0.000000555. The summed E-state index contributed by atoms with van der Waals surface area (Å²) in [5, 5.41) is 18.6. The van der Waals surface area contributed by atoms with E-state index in [-0.39, 0.29) is 11.9 Å². The number of esters is 2. The highest BCUT2D eigenvalue weighted by atomic mass is 16.6. The monoisotopic (exact) mass is 514 g/mol. The van der Waals surface area contributed by atoms with Crippen LogP contribution >= 0.6 is 0 Å². The first kappa shape index (κ1) is 34.2. The van der Waals surface area contributed by atoms with Crippen LogP contribution in [0, 0.1) is 0 Å². The molecule has 2 aromatic carbocycles. The molecular weight excluding hydrogens is 464 g/mol. The number of phenols is 2. The maximum Gasteiger partial charge on any atom is 0.313 e. The van der Waals surface area contributed by atoms with E-state index in [1.807, 2.05) is 36.4 Å². The molecule has 0 aliphatic carbocycles. The van der Waals surface area contributed by atoms with Crippen molar-refractivity contribution >= 4 is 11.9 Å². The third kappa shape index (κ3) is 17.3. The van der Waals surface area contributed by atoms with E-state index >= 15 is 0 Å². The van der Waals surface area contributed by atoms with Crippen LogP contribution in [0.2, 0.25) is 0 Å². The first-order valence-electron chi connectivity index (χ1n) is 13.9. The third-order valence-electron chi connectivity index (χ3n) is 5.81. The lowest BCUT2D eigenvalue weighted by molar-refractivity contribution is -0.159. The Morgan fingerprint density at radius 3 is 1.24 bits per heavy atom. The number of aromatic hydroxyl groups is 2. The fourth-order valence-electron chi connectivity index (χ4n) is 3.57. The van der Waals surface area contributed by atoms with Crippen LogP contribution in [-0.2, 0) is 14.3 Å². The lowest BCUT2D eigenvalue weighted by Crippen LogP contribution is -2.11. The van der Waals surface area contributed by atoms with Crippen molar-refractivity contribution in [2.75, 3.05) is 0 Å². The highest BCUT2D eigenvalue weighted by Gasteiger charge is 2.09. The molecular formula is C32H50O5. The van der Waals surface area contributed by atoms with Gasteiger partial charge in [-0.15, -0.1) is 0 Å². The molecule has 0 saturated heterocycles. The van der Waals surface area contributed by atoms with Crippen LogP contribution in [0.5, 0.6) is 11.5 Å². The van der Waals surface area contributed by atoms with Crippen LogP contribution < -0.4 is 0 Å². The molecule has 5 nitrogen and oxygen atoms in total. The van der Waals surface area contributed by atoms with E-state index in [0.29, 0.717) is 36.2 Å².